The summed E-state index contributed by atoms with van der Waals surface area (Å²) in [5.41, 5.74) is 0.848. The molecule has 1 N–H and O–H groups in total. The molecule has 0 unspecified atom stereocenters. The van der Waals surface area contributed by atoms with Crippen molar-refractivity contribution < 1.29 is 8.42 Å². The van der Waals surface area contributed by atoms with Gasteiger partial charge in [-0.15, -0.1) is 0 Å². The molecule has 1 aromatic heterocycles. The highest BCUT2D eigenvalue weighted by Gasteiger charge is 2.28. The van der Waals surface area contributed by atoms with Gasteiger partial charge in [-0.3, -0.25) is 0 Å². The molecule has 1 aromatic rings. The van der Waals surface area contributed by atoms with E-state index in [9.17, 15) is 8.42 Å². The summed E-state index contributed by atoms with van der Waals surface area (Å²) in [6.07, 6.45) is 1.64. The van der Waals surface area contributed by atoms with Gasteiger partial charge in [-0.25, -0.2) is 18.4 Å². The molecule has 1 heterocycles. The molecule has 5 nitrogen and oxygen atoms in total. The molecule has 0 spiro atoms. The first-order valence-corrected chi connectivity index (χ1v) is 7.13. The number of anilines is 1. The first kappa shape index (κ1) is 13.9. The summed E-state index contributed by atoms with van der Waals surface area (Å²) in [4.78, 5) is 8.14. The smallest absolute Gasteiger partial charge is 0.222 e. The summed E-state index contributed by atoms with van der Waals surface area (Å²) in [5, 5.41) is 2.91. The topological polar surface area (TPSA) is 72.0 Å². The predicted octanol–water partition coefficient (Wildman–Crippen LogP) is 1.41. The lowest BCUT2D eigenvalue weighted by molar-refractivity contribution is 0.560. The molecular weight excluding hydrogens is 238 g/mol. The average molecular weight is 257 g/mol. The largest absolute Gasteiger partial charge is 0.353 e. The molecule has 0 atom stereocenters. The van der Waals surface area contributed by atoms with Gasteiger partial charge in [0.15, 0.2) is 9.84 Å². The number of rotatable bonds is 4. The van der Waals surface area contributed by atoms with E-state index in [0.717, 1.165) is 5.69 Å². The quantitative estimate of drug-likeness (QED) is 0.883. The Hall–Kier alpha value is -1.17. The SMILES string of the molecule is Cc1ccnc(NCCS(=O)(=O)C(C)(C)C)n1. The molecule has 0 bridgehead atoms. The van der Waals surface area contributed by atoms with E-state index in [1.165, 1.54) is 0 Å². The van der Waals surface area contributed by atoms with Crippen LogP contribution in [0, 0.1) is 6.92 Å². The molecule has 0 saturated carbocycles. The highest BCUT2D eigenvalue weighted by Crippen LogP contribution is 2.15. The highest BCUT2D eigenvalue weighted by atomic mass is 32.2. The van der Waals surface area contributed by atoms with Crippen LogP contribution >= 0.6 is 0 Å². The molecule has 0 radical (unpaired) electrons. The van der Waals surface area contributed by atoms with Gasteiger partial charge in [0.2, 0.25) is 5.95 Å². The van der Waals surface area contributed by atoms with Gasteiger partial charge >= 0.3 is 0 Å². The summed E-state index contributed by atoms with van der Waals surface area (Å²) in [7, 11) is -3.10. The van der Waals surface area contributed by atoms with Crippen molar-refractivity contribution in [1.82, 2.24) is 9.97 Å². The Morgan fingerprint density at radius 1 is 1.35 bits per heavy atom. The Labute approximate surface area is 103 Å². The van der Waals surface area contributed by atoms with Gasteiger partial charge < -0.3 is 5.32 Å². The Balaban J connectivity index is 2.55. The summed E-state index contributed by atoms with van der Waals surface area (Å²) in [6.45, 7) is 7.28. The minimum Gasteiger partial charge on any atom is -0.353 e. The third kappa shape index (κ3) is 3.96. The van der Waals surface area contributed by atoms with Gasteiger partial charge in [0, 0.05) is 18.4 Å². The van der Waals surface area contributed by atoms with Crippen molar-refractivity contribution >= 4 is 15.8 Å². The molecule has 0 saturated heterocycles. The van der Waals surface area contributed by atoms with Crippen molar-refractivity contribution in [3.8, 4) is 0 Å². The Morgan fingerprint density at radius 3 is 2.53 bits per heavy atom. The van der Waals surface area contributed by atoms with Gasteiger partial charge in [0.25, 0.3) is 0 Å². The van der Waals surface area contributed by atoms with Crippen LogP contribution in [0.1, 0.15) is 26.5 Å². The van der Waals surface area contributed by atoms with Gasteiger partial charge in [-0.05, 0) is 33.8 Å². The molecule has 0 fully saturated rings. The summed E-state index contributed by atoms with van der Waals surface area (Å²) in [6, 6.07) is 1.79. The molecule has 1 rings (SSSR count). The number of nitrogens with zero attached hydrogens (tertiary/aromatic N) is 2. The van der Waals surface area contributed by atoms with Crippen molar-refractivity contribution in [2.45, 2.75) is 32.4 Å². The summed E-state index contributed by atoms with van der Waals surface area (Å²) < 4.78 is 22.9. The standard InChI is InChI=1S/C11H19N3O2S/c1-9-5-6-12-10(14-9)13-7-8-17(15,16)11(2,3)4/h5-6H,7-8H2,1-4H3,(H,12,13,14). The zero-order chi connectivity index (χ0) is 13.1. The fourth-order valence-electron chi connectivity index (χ4n) is 1.14. The van der Waals surface area contributed by atoms with Gasteiger partial charge in [0.1, 0.15) is 0 Å². The number of sulfone groups is 1. The number of aryl methyl sites for hydroxylation is 1. The van der Waals surface area contributed by atoms with Crippen LogP contribution in [-0.4, -0.2) is 35.4 Å². The average Bonchev–Trinajstić information content (AvgIpc) is 2.15. The lowest BCUT2D eigenvalue weighted by atomic mass is 10.3. The van der Waals surface area contributed by atoms with Crippen LogP contribution in [0.4, 0.5) is 5.95 Å². The maximum absolute atomic E-state index is 11.8. The van der Waals surface area contributed by atoms with E-state index in [-0.39, 0.29) is 5.75 Å². The highest BCUT2D eigenvalue weighted by molar-refractivity contribution is 7.92. The van der Waals surface area contributed by atoms with Crippen molar-refractivity contribution in [2.24, 2.45) is 0 Å². The van der Waals surface area contributed by atoms with Crippen molar-refractivity contribution in [1.29, 1.82) is 0 Å². The third-order valence-electron chi connectivity index (χ3n) is 2.38. The molecule has 0 aliphatic rings. The molecule has 0 aliphatic heterocycles. The van der Waals surface area contributed by atoms with E-state index in [1.54, 1.807) is 33.0 Å². The number of hydrogen-bond acceptors (Lipinski definition) is 5. The van der Waals surface area contributed by atoms with E-state index >= 15 is 0 Å². The lowest BCUT2D eigenvalue weighted by Gasteiger charge is -2.19. The fraction of sp³-hybridized carbons (Fsp3) is 0.636. The van der Waals surface area contributed by atoms with Crippen LogP contribution in [-0.2, 0) is 9.84 Å². The van der Waals surface area contributed by atoms with Crippen LogP contribution in [0.3, 0.4) is 0 Å². The van der Waals surface area contributed by atoms with Crippen LogP contribution in [0.2, 0.25) is 0 Å². The van der Waals surface area contributed by atoms with Crippen molar-refractivity contribution in [3.05, 3.63) is 18.0 Å². The second-order valence-corrected chi connectivity index (χ2v) is 7.74. The fourth-order valence-corrected chi connectivity index (χ4v) is 2.12. The maximum atomic E-state index is 11.8. The molecule has 17 heavy (non-hydrogen) atoms. The monoisotopic (exact) mass is 257 g/mol. The zero-order valence-corrected chi connectivity index (χ0v) is 11.5. The third-order valence-corrected chi connectivity index (χ3v) is 4.99. The van der Waals surface area contributed by atoms with E-state index in [0.29, 0.717) is 12.5 Å². The summed E-state index contributed by atoms with van der Waals surface area (Å²) in [5.74, 6) is 0.544. The van der Waals surface area contributed by atoms with E-state index < -0.39 is 14.6 Å². The minimum absolute atomic E-state index is 0.0772. The van der Waals surface area contributed by atoms with Crippen molar-refractivity contribution in [3.63, 3.8) is 0 Å². The van der Waals surface area contributed by atoms with Crippen LogP contribution < -0.4 is 5.32 Å². The van der Waals surface area contributed by atoms with Gasteiger partial charge in [0.05, 0.1) is 10.5 Å². The van der Waals surface area contributed by atoms with Crippen LogP contribution in [0.25, 0.3) is 0 Å². The first-order valence-electron chi connectivity index (χ1n) is 5.48. The van der Waals surface area contributed by atoms with E-state index in [1.807, 2.05) is 6.92 Å². The van der Waals surface area contributed by atoms with Crippen LogP contribution in [0.5, 0.6) is 0 Å². The normalized spacial score (nSPS) is 12.5. The Morgan fingerprint density at radius 2 is 2.00 bits per heavy atom. The Bertz CT molecular complexity index is 478. The number of hydrogen-bond donors (Lipinski definition) is 1. The molecule has 0 amide bonds. The molecule has 6 heteroatoms. The molecular formula is C11H19N3O2S. The molecule has 96 valence electrons. The van der Waals surface area contributed by atoms with Gasteiger partial charge in [-0.1, -0.05) is 0 Å². The zero-order valence-electron chi connectivity index (χ0n) is 10.7. The first-order chi connectivity index (χ1) is 7.72. The van der Waals surface area contributed by atoms with Gasteiger partial charge in [-0.2, -0.15) is 0 Å². The van der Waals surface area contributed by atoms with E-state index in [2.05, 4.69) is 15.3 Å². The predicted molar refractivity (Wildman–Crippen MR) is 68.8 cm³/mol. The van der Waals surface area contributed by atoms with E-state index in [4.69, 9.17) is 0 Å². The Kier molecular flexibility index (Phi) is 4.08. The second-order valence-electron chi connectivity index (χ2n) is 4.88. The minimum atomic E-state index is -3.10. The molecule has 0 aliphatic carbocycles. The van der Waals surface area contributed by atoms with Crippen molar-refractivity contribution in [2.75, 3.05) is 17.6 Å². The second kappa shape index (κ2) is 5.00. The molecule has 0 aromatic carbocycles. The number of aromatic nitrogens is 2. The summed E-state index contributed by atoms with van der Waals surface area (Å²) >= 11 is 0. The maximum Gasteiger partial charge on any atom is 0.222 e. The van der Waals surface area contributed by atoms with Crippen LogP contribution in [0.15, 0.2) is 12.3 Å². The lowest BCUT2D eigenvalue weighted by Crippen LogP contribution is -2.33. The number of nitrogens with one attached hydrogen (secondary N) is 1.